The Bertz CT molecular complexity index is 960. The fourth-order valence-electron chi connectivity index (χ4n) is 3.20. The normalized spacial score (nSPS) is 14.6. The van der Waals surface area contributed by atoms with Crippen molar-refractivity contribution in [3.63, 3.8) is 0 Å². The molecule has 3 rings (SSSR count). The van der Waals surface area contributed by atoms with Gasteiger partial charge in [0.15, 0.2) is 0 Å². The number of nitrogens with one attached hydrogen (secondary N) is 1. The maximum atomic E-state index is 14.0. The first-order chi connectivity index (χ1) is 14.7. The van der Waals surface area contributed by atoms with Crippen molar-refractivity contribution in [2.24, 2.45) is 0 Å². The zero-order chi connectivity index (χ0) is 22.4. The van der Waals surface area contributed by atoms with E-state index in [0.717, 1.165) is 12.8 Å². The number of pyridine rings is 1. The highest BCUT2D eigenvalue weighted by molar-refractivity contribution is 5.68. The van der Waals surface area contributed by atoms with E-state index >= 15 is 0 Å². The van der Waals surface area contributed by atoms with Gasteiger partial charge in [0.2, 0.25) is 5.88 Å². The zero-order valence-corrected chi connectivity index (χ0v) is 18.0. The molecule has 2 heterocycles. The van der Waals surface area contributed by atoms with Crippen LogP contribution < -0.4 is 10.1 Å². The van der Waals surface area contributed by atoms with Crippen LogP contribution in [0.1, 0.15) is 44.7 Å². The van der Waals surface area contributed by atoms with Gasteiger partial charge in [0.25, 0.3) is 0 Å². The van der Waals surface area contributed by atoms with Gasteiger partial charge in [-0.05, 0) is 51.8 Å². The Labute approximate surface area is 181 Å². The minimum absolute atomic E-state index is 0.0161. The molecule has 0 atom stereocenters. The molecule has 0 unspecified atom stereocenters. The smallest absolute Gasteiger partial charge is 0.410 e. The number of ether oxygens (including phenoxy) is 2. The van der Waals surface area contributed by atoms with Gasteiger partial charge in [-0.1, -0.05) is 12.1 Å². The average molecular weight is 426 g/mol. The molecule has 1 aromatic heterocycles. The number of carbonyl (C=O) groups excluding carboxylic acids is 1. The molecule has 1 saturated heterocycles. The summed E-state index contributed by atoms with van der Waals surface area (Å²) < 4.78 is 25.1. The van der Waals surface area contributed by atoms with E-state index in [9.17, 15) is 9.18 Å². The van der Waals surface area contributed by atoms with Gasteiger partial charge in [0, 0.05) is 30.8 Å². The Morgan fingerprint density at radius 3 is 2.68 bits per heavy atom. The van der Waals surface area contributed by atoms with Crippen molar-refractivity contribution in [2.75, 3.05) is 18.4 Å². The minimum Gasteiger partial charge on any atom is -0.473 e. The van der Waals surface area contributed by atoms with Crippen LogP contribution in [0.5, 0.6) is 5.88 Å². The largest absolute Gasteiger partial charge is 0.473 e. The second-order valence-electron chi connectivity index (χ2n) is 8.45. The quantitative estimate of drug-likeness (QED) is 0.758. The van der Waals surface area contributed by atoms with Crippen molar-refractivity contribution in [2.45, 2.75) is 51.9 Å². The molecule has 7 nitrogen and oxygen atoms in total. The molecular weight excluding hydrogens is 399 g/mol. The minimum atomic E-state index is -0.503. The number of anilines is 1. The Morgan fingerprint density at radius 2 is 2.03 bits per heavy atom. The van der Waals surface area contributed by atoms with Gasteiger partial charge in [-0.2, -0.15) is 10.2 Å². The fourth-order valence-corrected chi connectivity index (χ4v) is 3.20. The summed E-state index contributed by atoms with van der Waals surface area (Å²) in [5.74, 6) is 0.554. The van der Waals surface area contributed by atoms with Crippen LogP contribution in [0.15, 0.2) is 36.4 Å². The van der Waals surface area contributed by atoms with Crippen molar-refractivity contribution >= 4 is 11.9 Å². The van der Waals surface area contributed by atoms with Gasteiger partial charge < -0.3 is 19.7 Å². The second-order valence-corrected chi connectivity index (χ2v) is 8.45. The Balaban J connectivity index is 1.51. The zero-order valence-electron chi connectivity index (χ0n) is 18.0. The molecule has 0 spiro atoms. The summed E-state index contributed by atoms with van der Waals surface area (Å²) in [6.07, 6.45) is 1.28. The van der Waals surface area contributed by atoms with E-state index in [4.69, 9.17) is 14.7 Å². The van der Waals surface area contributed by atoms with Crippen LogP contribution in [0.2, 0.25) is 0 Å². The third-order valence-electron chi connectivity index (χ3n) is 4.78. The first kappa shape index (κ1) is 22.3. The lowest BCUT2D eigenvalue weighted by atomic mass is 10.1. The number of nitriles is 1. The lowest BCUT2D eigenvalue weighted by Crippen LogP contribution is -2.44. The monoisotopic (exact) mass is 426 g/mol. The number of piperidine rings is 1. The predicted octanol–water partition coefficient (Wildman–Crippen LogP) is 4.48. The first-order valence-corrected chi connectivity index (χ1v) is 10.3. The number of amides is 1. The lowest BCUT2D eigenvalue weighted by molar-refractivity contribution is 0.0210. The number of likely N-dealkylation sites (tertiary alicyclic amines) is 1. The number of halogens is 1. The van der Waals surface area contributed by atoms with Gasteiger partial charge in [-0.25, -0.2) is 9.18 Å². The summed E-state index contributed by atoms with van der Waals surface area (Å²) in [7, 11) is 0. The van der Waals surface area contributed by atoms with Crippen LogP contribution in [0, 0.1) is 17.1 Å². The average Bonchev–Trinajstić information content (AvgIpc) is 2.72. The summed E-state index contributed by atoms with van der Waals surface area (Å²) in [6.45, 7) is 6.81. The van der Waals surface area contributed by atoms with Crippen LogP contribution in [-0.4, -0.2) is 40.7 Å². The van der Waals surface area contributed by atoms with Crippen molar-refractivity contribution in [1.82, 2.24) is 9.88 Å². The van der Waals surface area contributed by atoms with Crippen molar-refractivity contribution in [3.8, 4) is 11.9 Å². The third-order valence-corrected chi connectivity index (χ3v) is 4.78. The van der Waals surface area contributed by atoms with Crippen LogP contribution in [0.3, 0.4) is 0 Å². The molecule has 31 heavy (non-hydrogen) atoms. The Morgan fingerprint density at radius 1 is 1.29 bits per heavy atom. The third kappa shape index (κ3) is 6.57. The summed E-state index contributed by atoms with van der Waals surface area (Å²) in [5.41, 5.74) is 0.119. The molecule has 1 amide bonds. The Kier molecular flexibility index (Phi) is 6.95. The molecule has 0 radical (unpaired) electrons. The molecule has 1 aliphatic rings. The van der Waals surface area contributed by atoms with Gasteiger partial charge in [0.05, 0.1) is 11.6 Å². The molecule has 164 valence electrons. The van der Waals surface area contributed by atoms with Gasteiger partial charge in [-0.15, -0.1) is 0 Å². The van der Waals surface area contributed by atoms with Crippen LogP contribution in [-0.2, 0) is 11.3 Å². The van der Waals surface area contributed by atoms with E-state index < -0.39 is 11.4 Å². The van der Waals surface area contributed by atoms with Crippen molar-refractivity contribution < 1.29 is 18.7 Å². The second kappa shape index (κ2) is 9.65. The summed E-state index contributed by atoms with van der Waals surface area (Å²) in [6, 6.07) is 11.7. The van der Waals surface area contributed by atoms with Gasteiger partial charge in [0.1, 0.15) is 23.8 Å². The number of benzene rings is 1. The van der Waals surface area contributed by atoms with Gasteiger partial charge >= 0.3 is 6.09 Å². The highest BCUT2D eigenvalue weighted by atomic mass is 19.1. The fraction of sp³-hybridized carbons (Fsp3) is 0.435. The van der Waals surface area contributed by atoms with E-state index in [2.05, 4.69) is 10.3 Å². The maximum Gasteiger partial charge on any atom is 0.410 e. The first-order valence-electron chi connectivity index (χ1n) is 10.3. The molecule has 1 aliphatic heterocycles. The molecule has 1 fully saturated rings. The van der Waals surface area contributed by atoms with Crippen LogP contribution in [0.4, 0.5) is 15.0 Å². The molecule has 2 aromatic rings. The number of aromatic nitrogens is 1. The van der Waals surface area contributed by atoms with E-state index in [0.29, 0.717) is 30.4 Å². The van der Waals surface area contributed by atoms with E-state index in [-0.39, 0.29) is 24.3 Å². The molecule has 8 heteroatoms. The highest BCUT2D eigenvalue weighted by Gasteiger charge is 2.27. The molecule has 0 aliphatic carbocycles. The standard InChI is InChI=1S/C23H27FN4O3/c1-23(2,3)31-22(29)28-11-9-18(10-12-28)26-20-5-4-6-21(27-20)30-15-17-8-7-16(14-25)13-19(17)24/h4-8,13,18H,9-12,15H2,1-3H3,(H,26,27). The molecular formula is C23H27FN4O3. The number of rotatable bonds is 5. The van der Waals surface area contributed by atoms with Crippen LogP contribution >= 0.6 is 0 Å². The van der Waals surface area contributed by atoms with E-state index in [1.54, 1.807) is 17.0 Å². The number of hydrogen-bond acceptors (Lipinski definition) is 6. The summed E-state index contributed by atoms with van der Waals surface area (Å²) >= 11 is 0. The van der Waals surface area contributed by atoms with Crippen LogP contribution in [0.25, 0.3) is 0 Å². The predicted molar refractivity (Wildman–Crippen MR) is 114 cm³/mol. The van der Waals surface area contributed by atoms with Crippen molar-refractivity contribution in [1.29, 1.82) is 5.26 Å². The Hall–Kier alpha value is -3.34. The highest BCUT2D eigenvalue weighted by Crippen LogP contribution is 2.20. The number of carbonyl (C=O) groups is 1. The molecule has 1 N–H and O–H groups in total. The number of hydrogen-bond donors (Lipinski definition) is 1. The van der Waals surface area contributed by atoms with E-state index in [1.165, 1.54) is 12.1 Å². The van der Waals surface area contributed by atoms with Crippen molar-refractivity contribution in [3.05, 3.63) is 53.3 Å². The maximum absolute atomic E-state index is 14.0. The topological polar surface area (TPSA) is 87.5 Å². The lowest BCUT2D eigenvalue weighted by Gasteiger charge is -2.33. The summed E-state index contributed by atoms with van der Waals surface area (Å²) in [4.78, 5) is 18.3. The molecule has 1 aromatic carbocycles. The molecule has 0 bridgehead atoms. The molecule has 0 saturated carbocycles. The number of nitrogens with zero attached hydrogens (tertiary/aromatic N) is 3. The van der Waals surface area contributed by atoms with Gasteiger partial charge in [-0.3, -0.25) is 0 Å². The van der Waals surface area contributed by atoms with E-state index in [1.807, 2.05) is 39.0 Å². The SMILES string of the molecule is CC(C)(C)OC(=O)N1CCC(Nc2cccc(OCc3ccc(C#N)cc3F)n2)CC1. The summed E-state index contributed by atoms with van der Waals surface area (Å²) in [5, 5.41) is 12.2.